The second kappa shape index (κ2) is 5.49. The monoisotopic (exact) mass is 302 g/mol. The van der Waals surface area contributed by atoms with Crippen molar-refractivity contribution in [3.8, 4) is 0 Å². The predicted octanol–water partition coefficient (Wildman–Crippen LogP) is 1.05. The molecule has 3 N–H and O–H groups in total. The van der Waals surface area contributed by atoms with E-state index in [1.807, 2.05) is 28.8 Å². The number of pyridine rings is 1. The summed E-state index contributed by atoms with van der Waals surface area (Å²) in [6, 6.07) is 5.72. The third-order valence-electron chi connectivity index (χ3n) is 3.04. The van der Waals surface area contributed by atoms with E-state index in [1.54, 1.807) is 6.92 Å². The first-order valence-corrected chi connectivity index (χ1v) is 7.26. The number of nitrogen functional groups attached to an aromatic ring is 1. The number of aryl methyl sites for hydroxylation is 1. The van der Waals surface area contributed by atoms with Crippen molar-refractivity contribution in [1.82, 2.24) is 24.9 Å². The van der Waals surface area contributed by atoms with Gasteiger partial charge in [-0.3, -0.25) is 9.20 Å². The SMILES string of the molecule is Cc1nc(N)sc1C(=O)NCCc1nnc2ccccn12. The molecule has 0 atom stereocenters. The third-order valence-corrected chi connectivity index (χ3v) is 4.02. The van der Waals surface area contributed by atoms with Crippen LogP contribution in [-0.2, 0) is 6.42 Å². The Hall–Kier alpha value is -2.48. The molecule has 108 valence electrons. The second-order valence-corrected chi connectivity index (χ2v) is 5.55. The zero-order chi connectivity index (χ0) is 14.8. The number of amides is 1. The number of nitrogens with zero attached hydrogens (tertiary/aromatic N) is 4. The number of carbonyl (C=O) groups is 1. The van der Waals surface area contributed by atoms with E-state index in [0.29, 0.717) is 28.7 Å². The summed E-state index contributed by atoms with van der Waals surface area (Å²) in [5.74, 6) is 0.655. The van der Waals surface area contributed by atoms with Gasteiger partial charge in [-0.1, -0.05) is 17.4 Å². The van der Waals surface area contributed by atoms with Gasteiger partial charge in [0.2, 0.25) is 0 Å². The van der Waals surface area contributed by atoms with Crippen molar-refractivity contribution in [3.63, 3.8) is 0 Å². The number of hydrogen-bond acceptors (Lipinski definition) is 6. The summed E-state index contributed by atoms with van der Waals surface area (Å²) in [6.07, 6.45) is 2.50. The van der Waals surface area contributed by atoms with Crippen LogP contribution in [0.25, 0.3) is 5.65 Å². The summed E-state index contributed by atoms with van der Waals surface area (Å²) in [7, 11) is 0. The molecule has 0 fully saturated rings. The highest BCUT2D eigenvalue weighted by Crippen LogP contribution is 2.19. The minimum Gasteiger partial charge on any atom is -0.375 e. The average Bonchev–Trinajstić information content (AvgIpc) is 3.02. The number of carbonyl (C=O) groups excluding carboxylic acids is 1. The normalized spacial score (nSPS) is 10.9. The van der Waals surface area contributed by atoms with E-state index in [9.17, 15) is 4.79 Å². The molecule has 0 bridgehead atoms. The highest BCUT2D eigenvalue weighted by atomic mass is 32.1. The zero-order valence-electron chi connectivity index (χ0n) is 11.4. The number of rotatable bonds is 4. The Morgan fingerprint density at radius 3 is 3.05 bits per heavy atom. The van der Waals surface area contributed by atoms with Gasteiger partial charge in [-0.2, -0.15) is 0 Å². The van der Waals surface area contributed by atoms with Gasteiger partial charge in [0.1, 0.15) is 10.7 Å². The topological polar surface area (TPSA) is 98.2 Å². The van der Waals surface area contributed by atoms with Crippen molar-refractivity contribution >= 4 is 28.0 Å². The van der Waals surface area contributed by atoms with Crippen LogP contribution in [0.2, 0.25) is 0 Å². The van der Waals surface area contributed by atoms with E-state index >= 15 is 0 Å². The van der Waals surface area contributed by atoms with Gasteiger partial charge in [0, 0.05) is 19.2 Å². The fourth-order valence-corrected chi connectivity index (χ4v) is 2.81. The minimum atomic E-state index is -0.157. The third kappa shape index (κ3) is 2.70. The number of nitrogens with two attached hydrogens (primary N) is 1. The molecule has 3 aromatic rings. The molecular weight excluding hydrogens is 288 g/mol. The molecule has 0 unspecified atom stereocenters. The van der Waals surface area contributed by atoms with Crippen LogP contribution < -0.4 is 11.1 Å². The maximum Gasteiger partial charge on any atom is 0.263 e. The first-order chi connectivity index (χ1) is 10.1. The molecule has 0 spiro atoms. The fourth-order valence-electron chi connectivity index (χ4n) is 2.06. The second-order valence-electron chi connectivity index (χ2n) is 4.52. The van der Waals surface area contributed by atoms with Crippen molar-refractivity contribution in [2.75, 3.05) is 12.3 Å². The molecule has 8 heteroatoms. The fraction of sp³-hybridized carbons (Fsp3) is 0.231. The predicted molar refractivity (Wildman–Crippen MR) is 80.3 cm³/mol. The van der Waals surface area contributed by atoms with Gasteiger partial charge in [0.25, 0.3) is 5.91 Å². The Labute approximate surface area is 124 Å². The molecule has 3 heterocycles. The quantitative estimate of drug-likeness (QED) is 0.750. The number of nitrogens with one attached hydrogen (secondary N) is 1. The van der Waals surface area contributed by atoms with Crippen molar-refractivity contribution in [2.45, 2.75) is 13.3 Å². The standard InChI is InChI=1S/C13H14N6OS/c1-8-11(21-13(14)16-8)12(20)15-6-5-10-18-17-9-4-2-3-7-19(9)10/h2-4,7H,5-6H2,1H3,(H2,14,16)(H,15,20). The maximum absolute atomic E-state index is 12.0. The van der Waals surface area contributed by atoms with Crippen LogP contribution in [-0.4, -0.2) is 32.0 Å². The molecule has 0 radical (unpaired) electrons. The molecule has 0 aliphatic carbocycles. The molecule has 21 heavy (non-hydrogen) atoms. The minimum absolute atomic E-state index is 0.157. The molecule has 7 nitrogen and oxygen atoms in total. The molecule has 0 aliphatic heterocycles. The van der Waals surface area contributed by atoms with E-state index in [1.165, 1.54) is 11.3 Å². The van der Waals surface area contributed by atoms with Crippen molar-refractivity contribution < 1.29 is 4.79 Å². The first kappa shape index (κ1) is 13.5. The van der Waals surface area contributed by atoms with E-state index < -0.39 is 0 Å². The molecule has 1 amide bonds. The van der Waals surface area contributed by atoms with E-state index in [2.05, 4.69) is 20.5 Å². The van der Waals surface area contributed by atoms with Crippen molar-refractivity contribution in [2.24, 2.45) is 0 Å². The van der Waals surface area contributed by atoms with Crippen LogP contribution in [0.1, 0.15) is 21.2 Å². The Bertz CT molecular complexity index is 793. The first-order valence-electron chi connectivity index (χ1n) is 6.45. The lowest BCUT2D eigenvalue weighted by Gasteiger charge is -2.03. The Kier molecular flexibility index (Phi) is 3.53. The average molecular weight is 302 g/mol. The highest BCUT2D eigenvalue weighted by Gasteiger charge is 2.14. The summed E-state index contributed by atoms with van der Waals surface area (Å²) in [5.41, 5.74) is 7.04. The molecule has 3 rings (SSSR count). The summed E-state index contributed by atoms with van der Waals surface area (Å²) in [4.78, 5) is 16.6. The number of hydrogen-bond donors (Lipinski definition) is 2. The lowest BCUT2D eigenvalue weighted by molar-refractivity contribution is 0.0957. The molecule has 0 aromatic carbocycles. The summed E-state index contributed by atoms with van der Waals surface area (Å²) in [6.45, 7) is 2.25. The van der Waals surface area contributed by atoms with Gasteiger partial charge in [-0.05, 0) is 19.1 Å². The van der Waals surface area contributed by atoms with Crippen LogP contribution in [0.15, 0.2) is 24.4 Å². The Balaban J connectivity index is 1.64. The molecule has 3 aromatic heterocycles. The largest absolute Gasteiger partial charge is 0.375 e. The number of aromatic nitrogens is 4. The smallest absolute Gasteiger partial charge is 0.263 e. The van der Waals surface area contributed by atoms with Gasteiger partial charge in [0.15, 0.2) is 10.8 Å². The maximum atomic E-state index is 12.0. The number of anilines is 1. The van der Waals surface area contributed by atoms with Crippen molar-refractivity contribution in [3.05, 3.63) is 40.8 Å². The summed E-state index contributed by atoms with van der Waals surface area (Å²) < 4.78 is 1.90. The zero-order valence-corrected chi connectivity index (χ0v) is 12.2. The van der Waals surface area contributed by atoms with Gasteiger partial charge < -0.3 is 11.1 Å². The molecular formula is C13H14N6OS. The molecule has 0 aliphatic rings. The molecule has 0 saturated carbocycles. The van der Waals surface area contributed by atoms with Gasteiger partial charge >= 0.3 is 0 Å². The molecule has 0 saturated heterocycles. The van der Waals surface area contributed by atoms with Crippen LogP contribution in [0.3, 0.4) is 0 Å². The Morgan fingerprint density at radius 1 is 1.43 bits per heavy atom. The van der Waals surface area contributed by atoms with E-state index in [0.717, 1.165) is 11.5 Å². The van der Waals surface area contributed by atoms with Gasteiger partial charge in [0.05, 0.1) is 5.69 Å². The summed E-state index contributed by atoms with van der Waals surface area (Å²) in [5, 5.41) is 11.4. The van der Waals surface area contributed by atoms with Crippen LogP contribution in [0.4, 0.5) is 5.13 Å². The number of fused-ring (bicyclic) bond motifs is 1. The van der Waals surface area contributed by atoms with Crippen LogP contribution in [0.5, 0.6) is 0 Å². The van der Waals surface area contributed by atoms with E-state index in [4.69, 9.17) is 5.73 Å². The van der Waals surface area contributed by atoms with Crippen LogP contribution >= 0.6 is 11.3 Å². The highest BCUT2D eigenvalue weighted by molar-refractivity contribution is 7.17. The Morgan fingerprint density at radius 2 is 2.29 bits per heavy atom. The van der Waals surface area contributed by atoms with Gasteiger partial charge in [-0.15, -0.1) is 10.2 Å². The van der Waals surface area contributed by atoms with E-state index in [-0.39, 0.29) is 5.91 Å². The van der Waals surface area contributed by atoms with Crippen molar-refractivity contribution in [1.29, 1.82) is 0 Å². The number of thiazole rings is 1. The van der Waals surface area contributed by atoms with Gasteiger partial charge in [-0.25, -0.2) is 4.98 Å². The summed E-state index contributed by atoms with van der Waals surface area (Å²) >= 11 is 1.19. The lowest BCUT2D eigenvalue weighted by Crippen LogP contribution is -2.26. The lowest BCUT2D eigenvalue weighted by atomic mass is 10.3. The van der Waals surface area contributed by atoms with Crippen LogP contribution in [0, 0.1) is 6.92 Å².